The van der Waals surface area contributed by atoms with Crippen molar-refractivity contribution in [3.63, 3.8) is 0 Å². The number of anilines is 1. The summed E-state index contributed by atoms with van der Waals surface area (Å²) >= 11 is 0. The molecule has 1 aliphatic rings. The Morgan fingerprint density at radius 2 is 2.04 bits per heavy atom. The van der Waals surface area contributed by atoms with E-state index < -0.39 is 0 Å². The highest BCUT2D eigenvalue weighted by Gasteiger charge is 2.19. The number of rotatable bonds is 7. The number of nitrogens with one attached hydrogen (secondary N) is 2. The maximum Gasteiger partial charge on any atom is 0.191 e. The van der Waals surface area contributed by atoms with Crippen LogP contribution in [-0.4, -0.2) is 43.3 Å². The Labute approximate surface area is 150 Å². The van der Waals surface area contributed by atoms with Crippen molar-refractivity contribution >= 4 is 11.6 Å². The second-order valence-corrected chi connectivity index (χ2v) is 6.48. The van der Waals surface area contributed by atoms with Gasteiger partial charge in [0.2, 0.25) is 0 Å². The first-order valence-corrected chi connectivity index (χ1v) is 9.37. The van der Waals surface area contributed by atoms with E-state index in [1.165, 1.54) is 0 Å². The Morgan fingerprint density at radius 1 is 1.28 bits per heavy atom. The van der Waals surface area contributed by atoms with Crippen LogP contribution in [0.5, 0.6) is 0 Å². The van der Waals surface area contributed by atoms with Crippen LogP contribution in [0.4, 0.5) is 10.1 Å². The number of benzene rings is 1. The van der Waals surface area contributed by atoms with E-state index in [0.29, 0.717) is 38.2 Å². The minimum absolute atomic E-state index is 0.215. The third kappa shape index (κ3) is 6.20. The highest BCUT2D eigenvalue weighted by atomic mass is 19.1. The van der Waals surface area contributed by atoms with Crippen molar-refractivity contribution in [3.8, 4) is 0 Å². The Hall–Kier alpha value is -1.82. The molecule has 0 amide bonds. The molecule has 25 heavy (non-hydrogen) atoms. The topological polar surface area (TPSA) is 59.9 Å². The fourth-order valence-corrected chi connectivity index (χ4v) is 2.91. The Morgan fingerprint density at radius 3 is 2.68 bits per heavy atom. The molecule has 6 heteroatoms. The second kappa shape index (κ2) is 10.2. The summed E-state index contributed by atoms with van der Waals surface area (Å²) in [5.41, 5.74) is 1.47. The standard InChI is InChI=1S/C19H31FN4O/c1-3-5-10-22-19(21-4-2)23-14-15-6-7-18(17(20)13-15)24-11-8-16(25)9-12-24/h6-7,13,16,25H,3-5,8-12,14H2,1-2H3,(H2,21,22,23). The van der Waals surface area contributed by atoms with E-state index in [1.54, 1.807) is 6.07 Å². The number of hydrogen-bond acceptors (Lipinski definition) is 3. The van der Waals surface area contributed by atoms with E-state index in [1.807, 2.05) is 24.0 Å². The predicted octanol–water partition coefficient (Wildman–Crippen LogP) is 2.64. The van der Waals surface area contributed by atoms with Gasteiger partial charge in [-0.05, 0) is 43.9 Å². The molecule has 0 atom stereocenters. The van der Waals surface area contributed by atoms with Gasteiger partial charge in [0.1, 0.15) is 5.82 Å². The van der Waals surface area contributed by atoms with E-state index in [9.17, 15) is 9.50 Å². The minimum atomic E-state index is -0.252. The summed E-state index contributed by atoms with van der Waals surface area (Å²) in [6.07, 6.45) is 3.37. The second-order valence-electron chi connectivity index (χ2n) is 6.48. The number of aliphatic imine (C=N–C) groups is 1. The molecule has 0 unspecified atom stereocenters. The minimum Gasteiger partial charge on any atom is -0.393 e. The first-order valence-electron chi connectivity index (χ1n) is 9.37. The van der Waals surface area contributed by atoms with Gasteiger partial charge in [-0.3, -0.25) is 0 Å². The average Bonchev–Trinajstić information content (AvgIpc) is 2.61. The van der Waals surface area contributed by atoms with Gasteiger partial charge >= 0.3 is 0 Å². The summed E-state index contributed by atoms with van der Waals surface area (Å²) < 4.78 is 14.5. The molecule has 1 aliphatic heterocycles. The van der Waals surface area contributed by atoms with Crippen molar-refractivity contribution in [2.75, 3.05) is 31.1 Å². The van der Waals surface area contributed by atoms with E-state index >= 15 is 0 Å². The maximum absolute atomic E-state index is 14.5. The van der Waals surface area contributed by atoms with Crippen LogP contribution in [0.3, 0.4) is 0 Å². The van der Waals surface area contributed by atoms with Crippen LogP contribution in [0.2, 0.25) is 0 Å². The normalized spacial score (nSPS) is 16.2. The van der Waals surface area contributed by atoms with Crippen LogP contribution in [0, 0.1) is 5.82 Å². The molecular weight excluding hydrogens is 319 g/mol. The average molecular weight is 350 g/mol. The van der Waals surface area contributed by atoms with Crippen molar-refractivity contribution < 1.29 is 9.50 Å². The van der Waals surface area contributed by atoms with Crippen LogP contribution in [-0.2, 0) is 6.54 Å². The zero-order valence-electron chi connectivity index (χ0n) is 15.4. The summed E-state index contributed by atoms with van der Waals surface area (Å²) in [5, 5.41) is 16.1. The summed E-state index contributed by atoms with van der Waals surface area (Å²) in [7, 11) is 0. The molecule has 5 nitrogen and oxygen atoms in total. The van der Waals surface area contributed by atoms with E-state index in [4.69, 9.17) is 0 Å². The Bertz CT molecular complexity index is 556. The molecule has 0 bridgehead atoms. The van der Waals surface area contributed by atoms with Crippen LogP contribution >= 0.6 is 0 Å². The molecule has 1 fully saturated rings. The van der Waals surface area contributed by atoms with E-state index in [0.717, 1.165) is 37.5 Å². The van der Waals surface area contributed by atoms with Crippen molar-refractivity contribution in [1.82, 2.24) is 10.6 Å². The highest BCUT2D eigenvalue weighted by molar-refractivity contribution is 5.79. The summed E-state index contributed by atoms with van der Waals surface area (Å²) in [4.78, 5) is 6.54. The van der Waals surface area contributed by atoms with Crippen molar-refractivity contribution in [2.24, 2.45) is 4.99 Å². The van der Waals surface area contributed by atoms with Gasteiger partial charge in [-0.1, -0.05) is 19.4 Å². The third-order valence-electron chi connectivity index (χ3n) is 4.40. The smallest absolute Gasteiger partial charge is 0.191 e. The maximum atomic E-state index is 14.5. The number of hydrogen-bond donors (Lipinski definition) is 3. The summed E-state index contributed by atoms with van der Waals surface area (Å²) in [5.74, 6) is 0.554. The molecule has 1 saturated heterocycles. The van der Waals surface area contributed by atoms with Gasteiger partial charge in [0, 0.05) is 26.2 Å². The van der Waals surface area contributed by atoms with Crippen LogP contribution in [0.25, 0.3) is 0 Å². The number of guanidine groups is 1. The molecule has 2 rings (SSSR count). The van der Waals surface area contributed by atoms with Crippen molar-refractivity contribution in [1.29, 1.82) is 0 Å². The molecule has 0 spiro atoms. The summed E-state index contributed by atoms with van der Waals surface area (Å²) in [6.45, 7) is 7.70. The van der Waals surface area contributed by atoms with Crippen molar-refractivity contribution in [3.05, 3.63) is 29.6 Å². The predicted molar refractivity (Wildman–Crippen MR) is 102 cm³/mol. The first-order chi connectivity index (χ1) is 12.1. The Balaban J connectivity index is 1.97. The molecule has 0 aromatic heterocycles. The van der Waals surface area contributed by atoms with Crippen LogP contribution < -0.4 is 15.5 Å². The molecule has 1 aromatic rings. The zero-order valence-corrected chi connectivity index (χ0v) is 15.4. The lowest BCUT2D eigenvalue weighted by Gasteiger charge is -2.31. The van der Waals surface area contributed by atoms with E-state index in [2.05, 4.69) is 22.5 Å². The van der Waals surface area contributed by atoms with Gasteiger partial charge in [-0.25, -0.2) is 9.38 Å². The van der Waals surface area contributed by atoms with Gasteiger partial charge in [0.15, 0.2) is 5.96 Å². The molecule has 0 aliphatic carbocycles. The van der Waals surface area contributed by atoms with Gasteiger partial charge in [0.05, 0.1) is 18.3 Å². The lowest BCUT2D eigenvalue weighted by atomic mass is 10.1. The molecule has 0 saturated carbocycles. The zero-order chi connectivity index (χ0) is 18.1. The van der Waals surface area contributed by atoms with Gasteiger partial charge in [0.25, 0.3) is 0 Å². The monoisotopic (exact) mass is 350 g/mol. The number of unbranched alkanes of at least 4 members (excludes halogenated alkanes) is 1. The van der Waals surface area contributed by atoms with Gasteiger partial charge in [-0.2, -0.15) is 0 Å². The van der Waals surface area contributed by atoms with Gasteiger partial charge in [-0.15, -0.1) is 0 Å². The fraction of sp³-hybridized carbons (Fsp3) is 0.632. The molecule has 0 radical (unpaired) electrons. The quantitative estimate of drug-likeness (QED) is 0.402. The molecule has 140 valence electrons. The highest BCUT2D eigenvalue weighted by Crippen LogP contribution is 2.24. The number of nitrogens with zero attached hydrogens (tertiary/aromatic N) is 2. The number of piperidine rings is 1. The van der Waals surface area contributed by atoms with Gasteiger partial charge < -0.3 is 20.6 Å². The lowest BCUT2D eigenvalue weighted by Crippen LogP contribution is -2.37. The number of aliphatic hydroxyl groups excluding tert-OH is 1. The van der Waals surface area contributed by atoms with Crippen molar-refractivity contribution in [2.45, 2.75) is 52.2 Å². The molecule has 1 aromatic carbocycles. The third-order valence-corrected chi connectivity index (χ3v) is 4.40. The van der Waals surface area contributed by atoms with E-state index in [-0.39, 0.29) is 11.9 Å². The molecule has 3 N–H and O–H groups in total. The van der Waals surface area contributed by atoms with Crippen LogP contribution in [0.1, 0.15) is 45.1 Å². The number of halogens is 1. The number of aliphatic hydroxyl groups is 1. The molecule has 1 heterocycles. The van der Waals surface area contributed by atoms with Crippen LogP contribution in [0.15, 0.2) is 23.2 Å². The first kappa shape index (κ1) is 19.5. The fourth-order valence-electron chi connectivity index (χ4n) is 2.91. The Kier molecular flexibility index (Phi) is 7.98. The molecular formula is C19H31FN4O. The summed E-state index contributed by atoms with van der Waals surface area (Å²) in [6, 6.07) is 5.33. The SMILES string of the molecule is CCCCNC(=NCc1ccc(N2CCC(O)CC2)c(F)c1)NCC. The lowest BCUT2D eigenvalue weighted by molar-refractivity contribution is 0.145. The largest absolute Gasteiger partial charge is 0.393 e.